The van der Waals surface area contributed by atoms with Gasteiger partial charge in [-0.25, -0.2) is 0 Å². The number of hydrogen-bond acceptors (Lipinski definition) is 2. The van der Waals surface area contributed by atoms with Crippen molar-refractivity contribution < 1.29 is 5.11 Å². The van der Waals surface area contributed by atoms with Gasteiger partial charge in [0.1, 0.15) is 5.75 Å². The Morgan fingerprint density at radius 2 is 2.05 bits per heavy atom. The number of aromatic hydroxyl groups is 1. The van der Waals surface area contributed by atoms with E-state index in [-0.39, 0.29) is 0 Å². The van der Waals surface area contributed by atoms with Gasteiger partial charge in [0.25, 0.3) is 0 Å². The van der Waals surface area contributed by atoms with Gasteiger partial charge in [0.2, 0.25) is 0 Å². The first-order valence-electron chi connectivity index (χ1n) is 9.33. The van der Waals surface area contributed by atoms with E-state index in [1.165, 1.54) is 75.6 Å². The van der Waals surface area contributed by atoms with Crippen molar-refractivity contribution in [2.75, 3.05) is 13.1 Å². The second kappa shape index (κ2) is 4.74. The van der Waals surface area contributed by atoms with E-state index in [0.29, 0.717) is 11.2 Å². The number of piperidine rings is 1. The molecule has 0 spiro atoms. The molecule has 2 nitrogen and oxygen atoms in total. The highest BCUT2D eigenvalue weighted by Crippen LogP contribution is 2.56. The average Bonchev–Trinajstić information content (AvgIpc) is 3.35. The minimum absolute atomic E-state index is 0.384. The summed E-state index contributed by atoms with van der Waals surface area (Å²) in [7, 11) is 0. The summed E-state index contributed by atoms with van der Waals surface area (Å²) in [6, 6.07) is 7.00. The van der Waals surface area contributed by atoms with Crippen LogP contribution in [0.5, 0.6) is 5.75 Å². The third kappa shape index (κ3) is 1.89. The number of likely N-dealkylation sites (tertiary alicyclic amines) is 1. The van der Waals surface area contributed by atoms with Crippen molar-refractivity contribution >= 4 is 0 Å². The molecule has 1 aromatic rings. The lowest BCUT2D eigenvalue weighted by Gasteiger charge is -2.59. The van der Waals surface area contributed by atoms with E-state index in [2.05, 4.69) is 17.0 Å². The van der Waals surface area contributed by atoms with Crippen LogP contribution in [0, 0.1) is 11.8 Å². The minimum atomic E-state index is 0.384. The molecule has 2 bridgehead atoms. The van der Waals surface area contributed by atoms with Crippen LogP contribution in [-0.4, -0.2) is 29.1 Å². The third-order valence-electron chi connectivity index (χ3n) is 7.12. The number of fused-ring (bicyclic) bond motifs is 1. The molecule has 0 amide bonds. The van der Waals surface area contributed by atoms with E-state index < -0.39 is 0 Å². The van der Waals surface area contributed by atoms with Crippen LogP contribution in [0.25, 0.3) is 0 Å². The number of rotatable bonds is 2. The fourth-order valence-electron chi connectivity index (χ4n) is 5.93. The number of phenolic OH excluding ortho intramolecular Hbond substituents is 1. The van der Waals surface area contributed by atoms with E-state index in [4.69, 9.17) is 0 Å². The summed E-state index contributed by atoms with van der Waals surface area (Å²) < 4.78 is 0. The van der Waals surface area contributed by atoms with Crippen LogP contribution in [0.1, 0.15) is 56.1 Å². The van der Waals surface area contributed by atoms with Crippen LogP contribution in [-0.2, 0) is 11.8 Å². The Morgan fingerprint density at radius 3 is 2.91 bits per heavy atom. The Balaban J connectivity index is 1.58. The summed E-state index contributed by atoms with van der Waals surface area (Å²) in [6.45, 7) is 2.64. The first-order valence-corrected chi connectivity index (χ1v) is 9.33. The lowest BCUT2D eigenvalue weighted by Crippen LogP contribution is -2.61. The second-order valence-electron chi connectivity index (χ2n) is 8.31. The molecule has 5 rings (SSSR count). The molecule has 1 saturated heterocycles. The van der Waals surface area contributed by atoms with E-state index in [1.807, 2.05) is 6.07 Å². The van der Waals surface area contributed by atoms with E-state index in [0.717, 1.165) is 17.9 Å². The van der Waals surface area contributed by atoms with Crippen molar-refractivity contribution in [1.29, 1.82) is 0 Å². The lowest BCUT2D eigenvalue weighted by molar-refractivity contribution is -0.0134. The van der Waals surface area contributed by atoms with Crippen LogP contribution in [0.3, 0.4) is 0 Å². The summed E-state index contributed by atoms with van der Waals surface area (Å²) in [4.78, 5) is 2.85. The van der Waals surface area contributed by atoms with E-state index >= 15 is 0 Å². The van der Waals surface area contributed by atoms with Crippen LogP contribution in [0.15, 0.2) is 18.2 Å². The minimum Gasteiger partial charge on any atom is -0.508 e. The Labute approximate surface area is 133 Å². The third-order valence-corrected chi connectivity index (χ3v) is 7.12. The molecule has 3 aliphatic carbocycles. The summed E-state index contributed by atoms with van der Waals surface area (Å²) in [5.41, 5.74) is 3.43. The molecule has 4 aliphatic rings. The van der Waals surface area contributed by atoms with Gasteiger partial charge in [-0.3, -0.25) is 4.90 Å². The Morgan fingerprint density at radius 1 is 1.14 bits per heavy atom. The Kier molecular flexibility index (Phi) is 2.89. The molecule has 1 N–H and O–H groups in total. The van der Waals surface area contributed by atoms with Gasteiger partial charge in [-0.15, -0.1) is 0 Å². The number of phenols is 1. The zero-order chi connectivity index (χ0) is 14.7. The maximum Gasteiger partial charge on any atom is 0.115 e. The van der Waals surface area contributed by atoms with E-state index in [9.17, 15) is 5.11 Å². The van der Waals surface area contributed by atoms with Crippen molar-refractivity contribution in [3.8, 4) is 5.75 Å². The molecular weight excluding hydrogens is 270 g/mol. The zero-order valence-electron chi connectivity index (χ0n) is 13.4. The normalized spacial score (nSPS) is 37.5. The Bertz CT molecular complexity index is 593. The van der Waals surface area contributed by atoms with Crippen LogP contribution < -0.4 is 0 Å². The smallest absolute Gasteiger partial charge is 0.115 e. The quantitative estimate of drug-likeness (QED) is 0.896. The monoisotopic (exact) mass is 297 g/mol. The average molecular weight is 297 g/mol. The lowest BCUT2D eigenvalue weighted by atomic mass is 9.52. The highest BCUT2D eigenvalue weighted by Gasteiger charge is 2.54. The molecule has 2 saturated carbocycles. The van der Waals surface area contributed by atoms with Gasteiger partial charge in [-0.2, -0.15) is 0 Å². The molecule has 1 heterocycles. The molecule has 118 valence electrons. The predicted octanol–water partition coefficient (Wildman–Crippen LogP) is 3.86. The molecule has 0 radical (unpaired) electrons. The second-order valence-corrected chi connectivity index (χ2v) is 8.31. The predicted molar refractivity (Wildman–Crippen MR) is 88.1 cm³/mol. The Hall–Kier alpha value is -1.02. The number of hydrogen-bond donors (Lipinski definition) is 1. The molecule has 3 fully saturated rings. The largest absolute Gasteiger partial charge is 0.508 e. The number of benzene rings is 1. The van der Waals surface area contributed by atoms with Crippen molar-refractivity contribution in [3.05, 3.63) is 29.3 Å². The van der Waals surface area contributed by atoms with Crippen molar-refractivity contribution in [2.24, 2.45) is 11.8 Å². The topological polar surface area (TPSA) is 23.5 Å². The van der Waals surface area contributed by atoms with Crippen LogP contribution in [0.4, 0.5) is 0 Å². The fraction of sp³-hybridized carbons (Fsp3) is 0.700. The highest BCUT2D eigenvalue weighted by atomic mass is 16.3. The fourth-order valence-corrected chi connectivity index (χ4v) is 5.93. The molecule has 1 aromatic carbocycles. The molecule has 1 aliphatic heterocycles. The van der Waals surface area contributed by atoms with Gasteiger partial charge >= 0.3 is 0 Å². The van der Waals surface area contributed by atoms with Gasteiger partial charge in [0.15, 0.2) is 0 Å². The SMILES string of the molecule is Oc1ccc2c(c1)[C@]13CCCC[C@@H]1[C@H](C2)N(CC1CC1)CC3. The van der Waals surface area contributed by atoms with Gasteiger partial charge in [0, 0.05) is 18.0 Å². The van der Waals surface area contributed by atoms with Crippen molar-refractivity contribution in [3.63, 3.8) is 0 Å². The summed E-state index contributed by atoms with van der Waals surface area (Å²) in [5.74, 6) is 2.30. The van der Waals surface area contributed by atoms with Gasteiger partial charge in [-0.1, -0.05) is 18.9 Å². The maximum absolute atomic E-state index is 10.0. The summed E-state index contributed by atoms with van der Waals surface area (Å²) >= 11 is 0. The molecule has 3 atom stereocenters. The molecule has 22 heavy (non-hydrogen) atoms. The standard InChI is InChI=1S/C20H27NO/c22-16-7-6-15-11-19-17-3-1-2-8-20(17,18(15)12-16)9-10-21(19)13-14-4-5-14/h6-7,12,14,17,19,22H,1-5,8-11,13H2/t17-,19+,20+/m1/s1. The maximum atomic E-state index is 10.0. The van der Waals surface area contributed by atoms with Crippen molar-refractivity contribution in [2.45, 2.75) is 62.8 Å². The van der Waals surface area contributed by atoms with Crippen LogP contribution in [0.2, 0.25) is 0 Å². The molecule has 2 heteroatoms. The summed E-state index contributed by atoms with van der Waals surface area (Å²) in [6.07, 6.45) is 11.0. The molecule has 0 unspecified atom stereocenters. The number of nitrogens with zero attached hydrogens (tertiary/aromatic N) is 1. The molecular formula is C20H27NO. The highest BCUT2D eigenvalue weighted by molar-refractivity contribution is 5.45. The molecule has 0 aromatic heterocycles. The zero-order valence-corrected chi connectivity index (χ0v) is 13.4. The first kappa shape index (κ1) is 13.4. The van der Waals surface area contributed by atoms with Gasteiger partial charge in [-0.05, 0) is 80.2 Å². The van der Waals surface area contributed by atoms with Gasteiger partial charge < -0.3 is 5.11 Å². The van der Waals surface area contributed by atoms with Crippen LogP contribution >= 0.6 is 0 Å². The van der Waals surface area contributed by atoms with Crippen molar-refractivity contribution in [1.82, 2.24) is 4.90 Å². The summed E-state index contributed by atoms with van der Waals surface area (Å²) in [5, 5.41) is 10.0. The van der Waals surface area contributed by atoms with Gasteiger partial charge in [0.05, 0.1) is 0 Å². The van der Waals surface area contributed by atoms with E-state index in [1.54, 1.807) is 0 Å². The first-order chi connectivity index (χ1) is 10.8.